The van der Waals surface area contributed by atoms with Crippen LogP contribution in [0.1, 0.15) is 5.56 Å². The molecule has 25 heavy (non-hydrogen) atoms. The Hall–Kier alpha value is -1.05. The van der Waals surface area contributed by atoms with E-state index >= 15 is 0 Å². The standard InChI is InChI=1S/C17H26Cl2N4O2/c1-20-17(21-4-6-23-7-10-24-11-8-23)22-5-9-25-13-14-2-3-15(18)12-16(14)19/h2-3,12H,4-11,13H2,1H3,(H2,20,21,22). The van der Waals surface area contributed by atoms with E-state index in [1.54, 1.807) is 13.1 Å². The van der Waals surface area contributed by atoms with E-state index in [4.69, 9.17) is 32.7 Å². The minimum atomic E-state index is 0.459. The van der Waals surface area contributed by atoms with Crippen molar-refractivity contribution in [3.05, 3.63) is 33.8 Å². The number of hydrogen-bond acceptors (Lipinski definition) is 4. The molecular formula is C17H26Cl2N4O2. The summed E-state index contributed by atoms with van der Waals surface area (Å²) in [6.07, 6.45) is 0. The Kier molecular flexibility index (Phi) is 9.36. The molecule has 1 heterocycles. The van der Waals surface area contributed by atoms with E-state index in [-0.39, 0.29) is 0 Å². The lowest BCUT2D eigenvalue weighted by Crippen LogP contribution is -2.45. The highest BCUT2D eigenvalue weighted by Gasteiger charge is 2.09. The Bertz CT molecular complexity index is 551. The van der Waals surface area contributed by atoms with Crippen molar-refractivity contribution in [2.24, 2.45) is 4.99 Å². The summed E-state index contributed by atoms with van der Waals surface area (Å²) < 4.78 is 11.0. The SMILES string of the molecule is CN=C(NCCOCc1ccc(Cl)cc1Cl)NCCN1CCOCC1. The maximum absolute atomic E-state index is 6.12. The first-order valence-corrected chi connectivity index (χ1v) is 9.21. The molecule has 0 spiro atoms. The molecule has 0 unspecified atom stereocenters. The zero-order valence-corrected chi connectivity index (χ0v) is 16.1. The number of ether oxygens (including phenoxy) is 2. The fourth-order valence-corrected chi connectivity index (χ4v) is 2.90. The summed E-state index contributed by atoms with van der Waals surface area (Å²) in [5.41, 5.74) is 0.930. The predicted octanol–water partition coefficient (Wildman–Crippen LogP) is 2.01. The first kappa shape index (κ1) is 20.3. The molecular weight excluding hydrogens is 363 g/mol. The van der Waals surface area contributed by atoms with Gasteiger partial charge in [-0.25, -0.2) is 0 Å². The normalized spacial score (nSPS) is 16.0. The van der Waals surface area contributed by atoms with Gasteiger partial charge in [-0.05, 0) is 17.7 Å². The van der Waals surface area contributed by atoms with Crippen LogP contribution in [-0.4, -0.2) is 70.5 Å². The molecule has 1 aliphatic rings. The second-order valence-electron chi connectivity index (χ2n) is 5.67. The second-order valence-corrected chi connectivity index (χ2v) is 6.51. The first-order valence-electron chi connectivity index (χ1n) is 8.45. The number of nitrogens with one attached hydrogen (secondary N) is 2. The van der Waals surface area contributed by atoms with Crippen molar-refractivity contribution in [3.8, 4) is 0 Å². The van der Waals surface area contributed by atoms with Crippen LogP contribution in [0, 0.1) is 0 Å². The monoisotopic (exact) mass is 388 g/mol. The second kappa shape index (κ2) is 11.5. The summed E-state index contributed by atoms with van der Waals surface area (Å²) in [7, 11) is 1.76. The molecule has 0 aliphatic carbocycles. The fourth-order valence-electron chi connectivity index (χ4n) is 2.44. The largest absolute Gasteiger partial charge is 0.379 e. The van der Waals surface area contributed by atoms with Crippen LogP contribution in [-0.2, 0) is 16.1 Å². The molecule has 2 rings (SSSR count). The van der Waals surface area contributed by atoms with Gasteiger partial charge in [-0.1, -0.05) is 29.3 Å². The van der Waals surface area contributed by atoms with Gasteiger partial charge in [0.05, 0.1) is 26.4 Å². The Morgan fingerprint density at radius 3 is 2.72 bits per heavy atom. The van der Waals surface area contributed by atoms with Crippen LogP contribution in [0.15, 0.2) is 23.2 Å². The zero-order valence-electron chi connectivity index (χ0n) is 14.6. The third kappa shape index (κ3) is 7.79. The summed E-state index contributed by atoms with van der Waals surface area (Å²) in [4.78, 5) is 6.59. The summed E-state index contributed by atoms with van der Waals surface area (Å²) in [6, 6.07) is 5.41. The molecule has 1 saturated heterocycles. The van der Waals surface area contributed by atoms with Gasteiger partial charge in [-0.3, -0.25) is 9.89 Å². The lowest BCUT2D eigenvalue weighted by atomic mass is 10.2. The van der Waals surface area contributed by atoms with Crippen molar-refractivity contribution in [3.63, 3.8) is 0 Å². The van der Waals surface area contributed by atoms with Crippen molar-refractivity contribution < 1.29 is 9.47 Å². The van der Waals surface area contributed by atoms with Gasteiger partial charge in [0, 0.05) is 49.8 Å². The van der Waals surface area contributed by atoms with Crippen molar-refractivity contribution in [2.75, 3.05) is 59.6 Å². The van der Waals surface area contributed by atoms with E-state index in [9.17, 15) is 0 Å². The van der Waals surface area contributed by atoms with Crippen LogP contribution in [0.25, 0.3) is 0 Å². The molecule has 0 atom stereocenters. The molecule has 2 N–H and O–H groups in total. The number of nitrogens with zero attached hydrogens (tertiary/aromatic N) is 2. The summed E-state index contributed by atoms with van der Waals surface area (Å²) in [6.45, 7) is 7.15. The smallest absolute Gasteiger partial charge is 0.191 e. The van der Waals surface area contributed by atoms with Crippen LogP contribution in [0.2, 0.25) is 10.0 Å². The zero-order chi connectivity index (χ0) is 17.9. The number of rotatable bonds is 8. The van der Waals surface area contributed by atoms with Gasteiger partial charge in [0.15, 0.2) is 5.96 Å². The number of guanidine groups is 1. The van der Waals surface area contributed by atoms with Crippen LogP contribution in [0.5, 0.6) is 0 Å². The predicted molar refractivity (Wildman–Crippen MR) is 103 cm³/mol. The molecule has 0 radical (unpaired) electrons. The molecule has 8 heteroatoms. The molecule has 1 aromatic rings. The average molecular weight is 389 g/mol. The van der Waals surface area contributed by atoms with Gasteiger partial charge >= 0.3 is 0 Å². The van der Waals surface area contributed by atoms with Crippen LogP contribution < -0.4 is 10.6 Å². The number of morpholine rings is 1. The van der Waals surface area contributed by atoms with Crippen LogP contribution in [0.3, 0.4) is 0 Å². The van der Waals surface area contributed by atoms with E-state index in [0.717, 1.165) is 50.9 Å². The Labute approximate surface area is 159 Å². The number of aliphatic imine (C=N–C) groups is 1. The molecule has 1 aromatic carbocycles. The molecule has 140 valence electrons. The van der Waals surface area contributed by atoms with E-state index in [0.29, 0.717) is 29.8 Å². The fraction of sp³-hybridized carbons (Fsp3) is 0.588. The Balaban J connectivity index is 1.56. The molecule has 0 amide bonds. The summed E-state index contributed by atoms with van der Waals surface area (Å²) in [5, 5.41) is 7.79. The van der Waals surface area contributed by atoms with E-state index < -0.39 is 0 Å². The maximum Gasteiger partial charge on any atom is 0.191 e. The van der Waals surface area contributed by atoms with Gasteiger partial charge in [0.2, 0.25) is 0 Å². The minimum absolute atomic E-state index is 0.459. The summed E-state index contributed by atoms with van der Waals surface area (Å²) in [5.74, 6) is 0.779. The van der Waals surface area contributed by atoms with Crippen LogP contribution >= 0.6 is 23.2 Å². The van der Waals surface area contributed by atoms with Gasteiger partial charge in [-0.2, -0.15) is 0 Å². The molecule has 0 bridgehead atoms. The lowest BCUT2D eigenvalue weighted by molar-refractivity contribution is 0.0389. The lowest BCUT2D eigenvalue weighted by Gasteiger charge is -2.26. The highest BCUT2D eigenvalue weighted by Crippen LogP contribution is 2.21. The minimum Gasteiger partial charge on any atom is -0.379 e. The number of halogens is 2. The van der Waals surface area contributed by atoms with Crippen LogP contribution in [0.4, 0.5) is 0 Å². The van der Waals surface area contributed by atoms with Crippen molar-refractivity contribution in [1.82, 2.24) is 15.5 Å². The molecule has 1 aliphatic heterocycles. The van der Waals surface area contributed by atoms with Crippen molar-refractivity contribution in [2.45, 2.75) is 6.61 Å². The number of hydrogen-bond donors (Lipinski definition) is 2. The summed E-state index contributed by atoms with van der Waals surface area (Å²) >= 11 is 12.0. The Morgan fingerprint density at radius 2 is 2.00 bits per heavy atom. The molecule has 1 fully saturated rings. The quantitative estimate of drug-likeness (QED) is 0.405. The highest BCUT2D eigenvalue weighted by molar-refractivity contribution is 6.35. The third-order valence-corrected chi connectivity index (χ3v) is 4.45. The van der Waals surface area contributed by atoms with E-state index in [1.807, 2.05) is 12.1 Å². The molecule has 0 aromatic heterocycles. The number of benzene rings is 1. The molecule has 6 nitrogen and oxygen atoms in total. The average Bonchev–Trinajstić information content (AvgIpc) is 2.62. The third-order valence-electron chi connectivity index (χ3n) is 3.86. The van der Waals surface area contributed by atoms with Crippen molar-refractivity contribution in [1.29, 1.82) is 0 Å². The maximum atomic E-state index is 6.12. The van der Waals surface area contributed by atoms with E-state index in [2.05, 4.69) is 20.5 Å². The topological polar surface area (TPSA) is 58.1 Å². The van der Waals surface area contributed by atoms with Gasteiger partial charge in [-0.15, -0.1) is 0 Å². The van der Waals surface area contributed by atoms with Gasteiger partial charge in [0.25, 0.3) is 0 Å². The Morgan fingerprint density at radius 1 is 1.24 bits per heavy atom. The van der Waals surface area contributed by atoms with E-state index in [1.165, 1.54) is 0 Å². The molecule has 0 saturated carbocycles. The first-order chi connectivity index (χ1) is 12.2. The van der Waals surface area contributed by atoms with Gasteiger partial charge < -0.3 is 20.1 Å². The highest BCUT2D eigenvalue weighted by atomic mass is 35.5. The van der Waals surface area contributed by atoms with Crippen molar-refractivity contribution >= 4 is 29.2 Å². The van der Waals surface area contributed by atoms with Gasteiger partial charge in [0.1, 0.15) is 0 Å².